The van der Waals surface area contributed by atoms with Gasteiger partial charge in [0.05, 0.1) is 18.3 Å². The number of carbonyl (C=O) groups is 1. The van der Waals surface area contributed by atoms with Crippen LogP contribution in [-0.2, 0) is 19.4 Å². The van der Waals surface area contributed by atoms with E-state index in [0.29, 0.717) is 32.2 Å². The van der Waals surface area contributed by atoms with Gasteiger partial charge in [-0.1, -0.05) is 30.3 Å². The van der Waals surface area contributed by atoms with Crippen LogP contribution in [0.25, 0.3) is 0 Å². The highest BCUT2D eigenvalue weighted by molar-refractivity contribution is 7.90. The number of sulfone groups is 1. The van der Waals surface area contributed by atoms with E-state index >= 15 is 0 Å². The largest absolute Gasteiger partial charge is 0.381 e. The minimum Gasteiger partial charge on any atom is -0.381 e. The molecule has 1 aliphatic rings. The molecule has 1 aromatic carbocycles. The lowest BCUT2D eigenvalue weighted by atomic mass is 9.99. The molecule has 0 unspecified atom stereocenters. The van der Waals surface area contributed by atoms with Gasteiger partial charge in [-0.2, -0.15) is 0 Å². The first kappa shape index (κ1) is 17.9. The molecule has 1 amide bonds. The van der Waals surface area contributed by atoms with Crippen LogP contribution in [0.1, 0.15) is 24.8 Å². The fourth-order valence-corrected chi connectivity index (χ4v) is 3.91. The number of hydrogen-bond acceptors (Lipinski definition) is 4. The molecule has 0 aromatic heterocycles. The average molecular weight is 339 g/mol. The SMILES string of the molecule is CCOC[C@H]1CCN(C(=O)[C@@H](CS(C)(=O)=O)c2ccccc2)C1. The molecule has 23 heavy (non-hydrogen) atoms. The van der Waals surface area contributed by atoms with E-state index in [0.717, 1.165) is 12.0 Å². The molecule has 1 aromatic rings. The molecule has 1 aliphatic heterocycles. The van der Waals surface area contributed by atoms with Crippen molar-refractivity contribution in [1.82, 2.24) is 4.90 Å². The second kappa shape index (κ2) is 7.93. The Bertz CT molecular complexity index is 615. The summed E-state index contributed by atoms with van der Waals surface area (Å²) in [5.74, 6) is -0.533. The van der Waals surface area contributed by atoms with E-state index in [4.69, 9.17) is 4.74 Å². The van der Waals surface area contributed by atoms with Crippen LogP contribution in [-0.4, -0.2) is 57.5 Å². The molecule has 0 bridgehead atoms. The maximum absolute atomic E-state index is 12.9. The van der Waals surface area contributed by atoms with Crippen LogP contribution in [0.2, 0.25) is 0 Å². The molecule has 0 aliphatic carbocycles. The van der Waals surface area contributed by atoms with Crippen LogP contribution < -0.4 is 0 Å². The normalized spacial score (nSPS) is 19.7. The van der Waals surface area contributed by atoms with Crippen LogP contribution in [0, 0.1) is 5.92 Å². The molecule has 5 nitrogen and oxygen atoms in total. The van der Waals surface area contributed by atoms with Crippen molar-refractivity contribution in [3.63, 3.8) is 0 Å². The van der Waals surface area contributed by atoms with Gasteiger partial charge in [0.1, 0.15) is 9.84 Å². The molecule has 0 saturated carbocycles. The molecule has 1 heterocycles. The zero-order valence-corrected chi connectivity index (χ0v) is 14.6. The average Bonchev–Trinajstić information content (AvgIpc) is 2.99. The minimum absolute atomic E-state index is 0.0966. The molecule has 6 heteroatoms. The molecular formula is C17H25NO4S. The van der Waals surface area contributed by atoms with Crippen LogP contribution in [0.5, 0.6) is 0 Å². The van der Waals surface area contributed by atoms with Gasteiger partial charge in [-0.3, -0.25) is 4.79 Å². The van der Waals surface area contributed by atoms with E-state index in [-0.39, 0.29) is 11.7 Å². The molecule has 0 radical (unpaired) electrons. The number of nitrogens with zero attached hydrogens (tertiary/aromatic N) is 1. The van der Waals surface area contributed by atoms with E-state index in [1.54, 1.807) is 4.90 Å². The van der Waals surface area contributed by atoms with Crippen molar-refractivity contribution >= 4 is 15.7 Å². The summed E-state index contributed by atoms with van der Waals surface area (Å²) in [5, 5.41) is 0. The lowest BCUT2D eigenvalue weighted by Gasteiger charge is -2.23. The number of likely N-dealkylation sites (tertiary alicyclic amines) is 1. The quantitative estimate of drug-likeness (QED) is 0.758. The van der Waals surface area contributed by atoms with Gasteiger partial charge in [0.25, 0.3) is 0 Å². The summed E-state index contributed by atoms with van der Waals surface area (Å²) in [4.78, 5) is 14.6. The summed E-state index contributed by atoms with van der Waals surface area (Å²) >= 11 is 0. The Balaban J connectivity index is 2.11. The number of amides is 1. The minimum atomic E-state index is -3.25. The topological polar surface area (TPSA) is 63.7 Å². The van der Waals surface area contributed by atoms with E-state index in [9.17, 15) is 13.2 Å². The Kier molecular flexibility index (Phi) is 6.18. The van der Waals surface area contributed by atoms with Crippen molar-refractivity contribution in [2.24, 2.45) is 5.92 Å². The van der Waals surface area contributed by atoms with Crippen molar-refractivity contribution in [2.45, 2.75) is 19.3 Å². The predicted molar refractivity (Wildman–Crippen MR) is 90.1 cm³/mol. The Labute approximate surface area is 138 Å². The van der Waals surface area contributed by atoms with Gasteiger partial charge in [0.2, 0.25) is 5.91 Å². The molecule has 0 N–H and O–H groups in total. The second-order valence-corrected chi connectivity index (χ2v) is 8.34. The number of rotatable bonds is 7. The highest BCUT2D eigenvalue weighted by Crippen LogP contribution is 2.25. The Hall–Kier alpha value is -1.40. The van der Waals surface area contributed by atoms with Gasteiger partial charge < -0.3 is 9.64 Å². The van der Waals surface area contributed by atoms with Crippen molar-refractivity contribution in [1.29, 1.82) is 0 Å². The summed E-state index contributed by atoms with van der Waals surface area (Å²) in [7, 11) is -3.25. The maximum atomic E-state index is 12.9. The summed E-state index contributed by atoms with van der Waals surface area (Å²) in [6.45, 7) is 4.60. The van der Waals surface area contributed by atoms with E-state index in [1.165, 1.54) is 6.26 Å². The Morgan fingerprint density at radius 3 is 2.65 bits per heavy atom. The zero-order chi connectivity index (χ0) is 16.9. The van der Waals surface area contributed by atoms with Gasteiger partial charge in [-0.25, -0.2) is 8.42 Å². The van der Waals surface area contributed by atoms with Gasteiger partial charge in [-0.15, -0.1) is 0 Å². The zero-order valence-electron chi connectivity index (χ0n) is 13.8. The smallest absolute Gasteiger partial charge is 0.231 e. The third kappa shape index (κ3) is 5.32. The lowest BCUT2D eigenvalue weighted by Crippen LogP contribution is -2.36. The fourth-order valence-electron chi connectivity index (χ4n) is 2.97. The molecule has 2 atom stereocenters. The Morgan fingerprint density at radius 2 is 2.04 bits per heavy atom. The van der Waals surface area contributed by atoms with Crippen molar-refractivity contribution in [3.8, 4) is 0 Å². The van der Waals surface area contributed by atoms with Crippen LogP contribution in [0.15, 0.2) is 30.3 Å². The standard InChI is InChI=1S/C17H25NO4S/c1-3-22-12-14-9-10-18(11-14)17(19)16(13-23(2,20)21)15-7-5-4-6-8-15/h4-8,14,16H,3,9-13H2,1-2H3/t14-,16-/m0/s1. The first-order valence-electron chi connectivity index (χ1n) is 8.00. The second-order valence-electron chi connectivity index (χ2n) is 6.15. The van der Waals surface area contributed by atoms with Gasteiger partial charge in [-0.05, 0) is 18.9 Å². The number of hydrogen-bond donors (Lipinski definition) is 0. The first-order chi connectivity index (χ1) is 10.9. The van der Waals surface area contributed by atoms with E-state index in [2.05, 4.69) is 0 Å². The maximum Gasteiger partial charge on any atom is 0.231 e. The van der Waals surface area contributed by atoms with Gasteiger partial charge >= 0.3 is 0 Å². The third-order valence-corrected chi connectivity index (χ3v) is 5.06. The lowest BCUT2D eigenvalue weighted by molar-refractivity contribution is -0.131. The van der Waals surface area contributed by atoms with Crippen molar-refractivity contribution < 1.29 is 17.9 Å². The van der Waals surface area contributed by atoms with Crippen LogP contribution in [0.3, 0.4) is 0 Å². The number of benzene rings is 1. The fraction of sp³-hybridized carbons (Fsp3) is 0.588. The molecule has 1 fully saturated rings. The van der Waals surface area contributed by atoms with Gasteiger partial charge in [0.15, 0.2) is 0 Å². The van der Waals surface area contributed by atoms with E-state index in [1.807, 2.05) is 37.3 Å². The highest BCUT2D eigenvalue weighted by Gasteiger charge is 2.33. The highest BCUT2D eigenvalue weighted by atomic mass is 32.2. The first-order valence-corrected chi connectivity index (χ1v) is 10.1. The predicted octanol–water partition coefficient (Wildman–Crippen LogP) is 1.70. The number of carbonyl (C=O) groups excluding carboxylic acids is 1. The molecule has 1 saturated heterocycles. The Morgan fingerprint density at radius 1 is 1.35 bits per heavy atom. The van der Waals surface area contributed by atoms with E-state index < -0.39 is 15.8 Å². The van der Waals surface area contributed by atoms with Crippen LogP contribution >= 0.6 is 0 Å². The van der Waals surface area contributed by atoms with Crippen molar-refractivity contribution in [3.05, 3.63) is 35.9 Å². The summed E-state index contributed by atoms with van der Waals surface area (Å²) < 4.78 is 28.9. The molecular weight excluding hydrogens is 314 g/mol. The summed E-state index contributed by atoms with van der Waals surface area (Å²) in [5.41, 5.74) is 0.760. The summed E-state index contributed by atoms with van der Waals surface area (Å²) in [6.07, 6.45) is 2.09. The molecule has 2 rings (SSSR count). The third-order valence-electron chi connectivity index (χ3n) is 4.12. The van der Waals surface area contributed by atoms with Crippen molar-refractivity contribution in [2.75, 3.05) is 38.3 Å². The van der Waals surface area contributed by atoms with Crippen LogP contribution in [0.4, 0.5) is 0 Å². The number of ether oxygens (including phenoxy) is 1. The molecule has 0 spiro atoms. The monoisotopic (exact) mass is 339 g/mol. The van der Waals surface area contributed by atoms with Gasteiger partial charge in [0, 0.05) is 31.9 Å². The molecule has 128 valence electrons. The summed E-state index contributed by atoms with van der Waals surface area (Å²) in [6, 6.07) is 9.17.